The van der Waals surface area contributed by atoms with Gasteiger partial charge >= 0.3 is 5.63 Å². The highest BCUT2D eigenvalue weighted by Crippen LogP contribution is 2.24. The van der Waals surface area contributed by atoms with E-state index in [2.05, 4.69) is 5.32 Å². The molecule has 0 aliphatic rings. The molecule has 0 spiro atoms. The van der Waals surface area contributed by atoms with Crippen molar-refractivity contribution >= 4 is 28.5 Å². The summed E-state index contributed by atoms with van der Waals surface area (Å²) in [5.41, 5.74) is 3.54. The number of halogens is 1. The average Bonchev–Trinajstić information content (AvgIpc) is 2.58. The zero-order valence-electron chi connectivity index (χ0n) is 14.0. The van der Waals surface area contributed by atoms with E-state index in [1.54, 1.807) is 12.1 Å². The number of nitrogens with one attached hydrogen (secondary N) is 1. The molecule has 1 atom stereocenters. The molecule has 0 saturated carbocycles. The van der Waals surface area contributed by atoms with Gasteiger partial charge in [-0.15, -0.1) is 11.6 Å². The number of aryl methyl sites for hydroxylation is 2. The first-order chi connectivity index (χ1) is 12.0. The molecule has 1 N–H and O–H groups in total. The number of hydrogen-bond acceptors (Lipinski definition) is 3. The van der Waals surface area contributed by atoms with Crippen molar-refractivity contribution in [3.05, 3.63) is 81.2 Å². The third-order valence-electron chi connectivity index (χ3n) is 4.04. The molecule has 25 heavy (non-hydrogen) atoms. The number of rotatable bonds is 4. The minimum Gasteiger partial charge on any atom is -0.423 e. The Morgan fingerprint density at radius 2 is 1.88 bits per heavy atom. The van der Waals surface area contributed by atoms with Gasteiger partial charge in [-0.3, -0.25) is 4.79 Å². The SMILES string of the molecule is Cc1cc(C)c2c(CNC(=O)C(Cl)c3ccccc3)cc(=O)oc2c1. The molecule has 0 radical (unpaired) electrons. The summed E-state index contributed by atoms with van der Waals surface area (Å²) in [6, 6.07) is 14.4. The van der Waals surface area contributed by atoms with Crippen molar-refractivity contribution < 1.29 is 9.21 Å². The largest absolute Gasteiger partial charge is 0.423 e. The molecule has 0 aliphatic carbocycles. The Balaban J connectivity index is 1.86. The highest BCUT2D eigenvalue weighted by molar-refractivity contribution is 6.30. The lowest BCUT2D eigenvalue weighted by molar-refractivity contribution is -0.121. The maximum absolute atomic E-state index is 12.3. The van der Waals surface area contributed by atoms with E-state index in [9.17, 15) is 9.59 Å². The van der Waals surface area contributed by atoms with Gasteiger partial charge in [0.05, 0.1) is 0 Å². The van der Waals surface area contributed by atoms with Crippen LogP contribution in [0, 0.1) is 13.8 Å². The van der Waals surface area contributed by atoms with Gasteiger partial charge < -0.3 is 9.73 Å². The highest BCUT2D eigenvalue weighted by Gasteiger charge is 2.18. The zero-order valence-corrected chi connectivity index (χ0v) is 14.8. The Kier molecular flexibility index (Phi) is 4.91. The molecular weight excluding hydrogens is 338 g/mol. The molecule has 3 aromatic rings. The summed E-state index contributed by atoms with van der Waals surface area (Å²) in [6.07, 6.45) is 0. The third-order valence-corrected chi connectivity index (χ3v) is 4.49. The van der Waals surface area contributed by atoms with Crippen LogP contribution >= 0.6 is 11.6 Å². The fraction of sp³-hybridized carbons (Fsp3) is 0.200. The molecule has 3 rings (SSSR count). The van der Waals surface area contributed by atoms with E-state index in [1.807, 2.05) is 44.2 Å². The summed E-state index contributed by atoms with van der Waals surface area (Å²) >= 11 is 6.23. The van der Waals surface area contributed by atoms with Gasteiger partial charge in [-0.05, 0) is 42.2 Å². The summed E-state index contributed by atoms with van der Waals surface area (Å²) in [5, 5.41) is 2.87. The van der Waals surface area contributed by atoms with E-state index in [0.717, 1.165) is 22.1 Å². The van der Waals surface area contributed by atoms with Crippen LogP contribution in [0.1, 0.15) is 27.6 Å². The van der Waals surface area contributed by atoms with Crippen LogP contribution in [-0.2, 0) is 11.3 Å². The summed E-state index contributed by atoms with van der Waals surface area (Å²) in [4.78, 5) is 24.2. The van der Waals surface area contributed by atoms with Crippen LogP contribution in [0.15, 0.2) is 57.7 Å². The van der Waals surface area contributed by atoms with Crippen LogP contribution in [0.5, 0.6) is 0 Å². The summed E-state index contributed by atoms with van der Waals surface area (Å²) < 4.78 is 5.29. The molecule has 2 aromatic carbocycles. The van der Waals surface area contributed by atoms with E-state index in [0.29, 0.717) is 11.1 Å². The molecule has 0 bridgehead atoms. The highest BCUT2D eigenvalue weighted by atomic mass is 35.5. The van der Waals surface area contributed by atoms with Crippen molar-refractivity contribution in [2.24, 2.45) is 0 Å². The van der Waals surface area contributed by atoms with Crippen LogP contribution in [0.25, 0.3) is 11.0 Å². The van der Waals surface area contributed by atoms with Crippen molar-refractivity contribution in [3.63, 3.8) is 0 Å². The zero-order chi connectivity index (χ0) is 18.0. The summed E-state index contributed by atoms with van der Waals surface area (Å²) in [6.45, 7) is 4.11. The number of carbonyl (C=O) groups excluding carboxylic acids is 1. The lowest BCUT2D eigenvalue weighted by Crippen LogP contribution is -2.27. The third kappa shape index (κ3) is 3.74. The van der Waals surface area contributed by atoms with Crippen LogP contribution < -0.4 is 10.9 Å². The van der Waals surface area contributed by atoms with Gasteiger partial charge in [-0.25, -0.2) is 4.79 Å². The fourth-order valence-corrected chi connectivity index (χ4v) is 3.18. The Morgan fingerprint density at radius 1 is 1.16 bits per heavy atom. The number of carbonyl (C=O) groups is 1. The minimum absolute atomic E-state index is 0.209. The first kappa shape index (κ1) is 17.2. The standard InChI is InChI=1S/C20H18ClNO3/c1-12-8-13(2)18-15(10-17(23)25-16(18)9-12)11-22-20(24)19(21)14-6-4-3-5-7-14/h3-10,19H,11H2,1-2H3,(H,22,24). The Labute approximate surface area is 150 Å². The molecule has 0 fully saturated rings. The molecule has 4 nitrogen and oxygen atoms in total. The second-order valence-corrected chi connectivity index (χ2v) is 6.47. The predicted octanol–water partition coefficient (Wildman–Crippen LogP) is 4.01. The Morgan fingerprint density at radius 3 is 2.60 bits per heavy atom. The number of amides is 1. The fourth-order valence-electron chi connectivity index (χ4n) is 2.96. The van der Waals surface area contributed by atoms with Crippen molar-refractivity contribution in [1.82, 2.24) is 5.32 Å². The van der Waals surface area contributed by atoms with Gasteiger partial charge in [-0.1, -0.05) is 36.4 Å². The van der Waals surface area contributed by atoms with Crippen LogP contribution in [0.3, 0.4) is 0 Å². The molecule has 0 saturated heterocycles. The predicted molar refractivity (Wildman–Crippen MR) is 98.8 cm³/mol. The lowest BCUT2D eigenvalue weighted by atomic mass is 10.0. The summed E-state index contributed by atoms with van der Waals surface area (Å²) in [7, 11) is 0. The minimum atomic E-state index is -0.782. The molecule has 1 amide bonds. The smallest absolute Gasteiger partial charge is 0.336 e. The monoisotopic (exact) mass is 355 g/mol. The van der Waals surface area contributed by atoms with E-state index in [1.165, 1.54) is 6.07 Å². The van der Waals surface area contributed by atoms with Crippen LogP contribution in [0.2, 0.25) is 0 Å². The molecule has 1 aromatic heterocycles. The maximum Gasteiger partial charge on any atom is 0.336 e. The second kappa shape index (κ2) is 7.11. The van der Waals surface area contributed by atoms with E-state index >= 15 is 0 Å². The Hall–Kier alpha value is -2.59. The van der Waals surface area contributed by atoms with Crippen molar-refractivity contribution in [3.8, 4) is 0 Å². The maximum atomic E-state index is 12.3. The molecule has 1 heterocycles. The number of alkyl halides is 1. The number of benzene rings is 2. The van der Waals surface area contributed by atoms with Crippen LogP contribution in [0.4, 0.5) is 0 Å². The van der Waals surface area contributed by atoms with Crippen LogP contribution in [-0.4, -0.2) is 5.91 Å². The van der Waals surface area contributed by atoms with Gasteiger partial charge in [0.15, 0.2) is 0 Å². The van der Waals surface area contributed by atoms with E-state index in [-0.39, 0.29) is 12.5 Å². The number of fused-ring (bicyclic) bond motifs is 1. The molecule has 0 aliphatic heterocycles. The molecular formula is C20H18ClNO3. The first-order valence-electron chi connectivity index (χ1n) is 7.96. The molecule has 128 valence electrons. The molecule has 5 heteroatoms. The molecule has 1 unspecified atom stereocenters. The number of hydrogen-bond donors (Lipinski definition) is 1. The van der Waals surface area contributed by atoms with E-state index < -0.39 is 11.0 Å². The van der Waals surface area contributed by atoms with Crippen molar-refractivity contribution in [1.29, 1.82) is 0 Å². The van der Waals surface area contributed by atoms with Crippen molar-refractivity contribution in [2.45, 2.75) is 25.8 Å². The second-order valence-electron chi connectivity index (χ2n) is 6.04. The van der Waals surface area contributed by atoms with Gasteiger partial charge in [-0.2, -0.15) is 0 Å². The first-order valence-corrected chi connectivity index (χ1v) is 8.40. The Bertz CT molecular complexity index is 979. The van der Waals surface area contributed by atoms with E-state index in [4.69, 9.17) is 16.0 Å². The van der Waals surface area contributed by atoms with Crippen molar-refractivity contribution in [2.75, 3.05) is 0 Å². The normalized spacial score (nSPS) is 12.1. The lowest BCUT2D eigenvalue weighted by Gasteiger charge is -2.13. The topological polar surface area (TPSA) is 59.3 Å². The van der Waals surface area contributed by atoms with Gasteiger partial charge in [0.25, 0.3) is 0 Å². The quantitative estimate of drug-likeness (QED) is 0.568. The summed E-state index contributed by atoms with van der Waals surface area (Å²) in [5.74, 6) is -0.306. The average molecular weight is 356 g/mol. The van der Waals surface area contributed by atoms with Gasteiger partial charge in [0, 0.05) is 18.0 Å². The van der Waals surface area contributed by atoms with Gasteiger partial charge in [0.2, 0.25) is 5.91 Å². The van der Waals surface area contributed by atoms with Gasteiger partial charge in [0.1, 0.15) is 11.0 Å².